The smallest absolute Gasteiger partial charge is 0.306 e. The molecule has 3 atom stereocenters. The summed E-state index contributed by atoms with van der Waals surface area (Å²) in [5.41, 5.74) is 0. The highest BCUT2D eigenvalue weighted by atomic mass is 16.6. The molecule has 7 nitrogen and oxygen atoms in total. The number of carbonyl (C=O) groups is 2. The van der Waals surface area contributed by atoms with Crippen molar-refractivity contribution in [1.82, 2.24) is 0 Å². The maximum absolute atomic E-state index is 12.2. The van der Waals surface area contributed by atoms with Gasteiger partial charge in [-0.05, 0) is 51.4 Å². The molecular formula is C43H76O7. The van der Waals surface area contributed by atoms with Crippen molar-refractivity contribution in [3.63, 3.8) is 0 Å². The number of esters is 2. The second kappa shape index (κ2) is 38.0. The lowest BCUT2D eigenvalue weighted by Gasteiger charge is -2.17. The number of aliphatic hydroxyl groups excluding tert-OH is 3. The molecule has 0 heterocycles. The Morgan fingerprint density at radius 2 is 0.980 bits per heavy atom. The van der Waals surface area contributed by atoms with E-state index >= 15 is 0 Å². The Kier molecular flexibility index (Phi) is 36.3. The number of hydrogen-bond acceptors (Lipinski definition) is 7. The fraction of sp³-hybridized carbons (Fsp3) is 0.767. The van der Waals surface area contributed by atoms with Gasteiger partial charge in [0.2, 0.25) is 0 Å². The van der Waals surface area contributed by atoms with Gasteiger partial charge in [0.1, 0.15) is 6.61 Å². The van der Waals surface area contributed by atoms with Crippen LogP contribution in [0.15, 0.2) is 48.6 Å². The maximum atomic E-state index is 12.2. The Morgan fingerprint density at radius 1 is 0.540 bits per heavy atom. The molecule has 7 heteroatoms. The van der Waals surface area contributed by atoms with Crippen LogP contribution in [0.5, 0.6) is 0 Å². The molecular weight excluding hydrogens is 628 g/mol. The van der Waals surface area contributed by atoms with Crippen LogP contribution >= 0.6 is 0 Å². The maximum Gasteiger partial charge on any atom is 0.306 e. The summed E-state index contributed by atoms with van der Waals surface area (Å²) in [5.74, 6) is -0.875. The molecule has 0 aromatic heterocycles. The van der Waals surface area contributed by atoms with Gasteiger partial charge < -0.3 is 24.8 Å². The zero-order chi connectivity index (χ0) is 36.8. The normalized spacial score (nSPS) is 13.9. The highest BCUT2D eigenvalue weighted by Crippen LogP contribution is 2.15. The monoisotopic (exact) mass is 705 g/mol. The van der Waals surface area contributed by atoms with Crippen LogP contribution in [0.4, 0.5) is 0 Å². The van der Waals surface area contributed by atoms with Gasteiger partial charge in [0.15, 0.2) is 6.10 Å². The predicted molar refractivity (Wildman–Crippen MR) is 208 cm³/mol. The SMILES string of the molecule is CC/C=C\C/C=C\C/C=C\C/C=C\C[C@@H](O)[C@H](O)CCCC(=O)O[C@@H](CO)COC(=O)CCCCCCCCCCCCCCCCCCC. The van der Waals surface area contributed by atoms with Gasteiger partial charge in [-0.1, -0.05) is 165 Å². The minimum Gasteiger partial charge on any atom is -0.462 e. The summed E-state index contributed by atoms with van der Waals surface area (Å²) in [4.78, 5) is 24.3. The molecule has 0 saturated heterocycles. The lowest BCUT2D eigenvalue weighted by Crippen LogP contribution is -2.29. The molecule has 0 aromatic rings. The molecule has 0 aliphatic carbocycles. The molecule has 290 valence electrons. The van der Waals surface area contributed by atoms with E-state index < -0.39 is 30.9 Å². The average Bonchev–Trinajstić information content (AvgIpc) is 3.11. The summed E-state index contributed by atoms with van der Waals surface area (Å²) >= 11 is 0. The summed E-state index contributed by atoms with van der Waals surface area (Å²) in [7, 11) is 0. The van der Waals surface area contributed by atoms with Crippen molar-refractivity contribution in [3.05, 3.63) is 48.6 Å². The fourth-order valence-corrected chi connectivity index (χ4v) is 5.64. The van der Waals surface area contributed by atoms with E-state index in [1.807, 2.05) is 12.2 Å². The van der Waals surface area contributed by atoms with Gasteiger partial charge >= 0.3 is 11.9 Å². The van der Waals surface area contributed by atoms with Crippen LogP contribution in [0.1, 0.15) is 181 Å². The van der Waals surface area contributed by atoms with Crippen molar-refractivity contribution in [2.24, 2.45) is 0 Å². The van der Waals surface area contributed by atoms with Crippen LogP contribution in [-0.2, 0) is 19.1 Å². The third-order valence-electron chi connectivity index (χ3n) is 8.84. The number of unbranched alkanes of at least 4 members (excludes halogenated alkanes) is 16. The molecule has 0 aliphatic heterocycles. The van der Waals surface area contributed by atoms with Crippen LogP contribution < -0.4 is 0 Å². The second-order valence-electron chi connectivity index (χ2n) is 13.6. The van der Waals surface area contributed by atoms with Gasteiger partial charge in [-0.3, -0.25) is 9.59 Å². The zero-order valence-electron chi connectivity index (χ0n) is 32.1. The summed E-state index contributed by atoms with van der Waals surface area (Å²) in [6.07, 6.45) is 40.6. The van der Waals surface area contributed by atoms with Crippen molar-refractivity contribution in [1.29, 1.82) is 0 Å². The third kappa shape index (κ3) is 34.2. The van der Waals surface area contributed by atoms with E-state index in [4.69, 9.17) is 9.47 Å². The number of aliphatic hydroxyl groups is 3. The van der Waals surface area contributed by atoms with Crippen molar-refractivity contribution >= 4 is 11.9 Å². The van der Waals surface area contributed by atoms with Crippen LogP contribution in [0.3, 0.4) is 0 Å². The second-order valence-corrected chi connectivity index (χ2v) is 13.6. The molecule has 3 N–H and O–H groups in total. The molecule has 0 aliphatic rings. The number of ether oxygens (including phenoxy) is 2. The van der Waals surface area contributed by atoms with Crippen molar-refractivity contribution in [2.45, 2.75) is 199 Å². The molecule has 50 heavy (non-hydrogen) atoms. The molecule has 0 aromatic carbocycles. The van der Waals surface area contributed by atoms with E-state index in [0.29, 0.717) is 19.3 Å². The van der Waals surface area contributed by atoms with E-state index in [-0.39, 0.29) is 25.4 Å². The first-order valence-corrected chi connectivity index (χ1v) is 20.4. The quantitative estimate of drug-likeness (QED) is 0.0338. The van der Waals surface area contributed by atoms with E-state index in [1.165, 1.54) is 89.9 Å². The third-order valence-corrected chi connectivity index (χ3v) is 8.84. The Labute approximate surface area is 306 Å². The highest BCUT2D eigenvalue weighted by molar-refractivity contribution is 5.70. The van der Waals surface area contributed by atoms with E-state index in [9.17, 15) is 24.9 Å². The van der Waals surface area contributed by atoms with Crippen LogP contribution in [0, 0.1) is 0 Å². The largest absolute Gasteiger partial charge is 0.462 e. The molecule has 0 bridgehead atoms. The first-order chi connectivity index (χ1) is 24.4. The Morgan fingerprint density at radius 3 is 1.46 bits per heavy atom. The van der Waals surface area contributed by atoms with Crippen LogP contribution in [0.2, 0.25) is 0 Å². The minimum atomic E-state index is -0.946. The molecule has 0 saturated carbocycles. The lowest BCUT2D eigenvalue weighted by atomic mass is 10.0. The Bertz CT molecular complexity index is 878. The van der Waals surface area contributed by atoms with Crippen LogP contribution in [-0.4, -0.2) is 58.8 Å². The molecule has 0 unspecified atom stereocenters. The molecule has 0 rings (SSSR count). The Balaban J connectivity index is 3.78. The molecule has 0 fully saturated rings. The topological polar surface area (TPSA) is 113 Å². The summed E-state index contributed by atoms with van der Waals surface area (Å²) in [6, 6.07) is 0. The highest BCUT2D eigenvalue weighted by Gasteiger charge is 2.18. The van der Waals surface area contributed by atoms with Gasteiger partial charge in [-0.25, -0.2) is 0 Å². The van der Waals surface area contributed by atoms with Crippen molar-refractivity contribution in [2.75, 3.05) is 13.2 Å². The number of rotatable bonds is 36. The first kappa shape index (κ1) is 47.8. The van der Waals surface area contributed by atoms with Crippen LogP contribution in [0.25, 0.3) is 0 Å². The van der Waals surface area contributed by atoms with E-state index in [2.05, 4.69) is 50.3 Å². The molecule has 0 spiro atoms. The average molecular weight is 705 g/mol. The van der Waals surface area contributed by atoms with Crippen molar-refractivity contribution in [3.8, 4) is 0 Å². The van der Waals surface area contributed by atoms with Crippen molar-refractivity contribution < 1.29 is 34.4 Å². The van der Waals surface area contributed by atoms with E-state index in [1.54, 1.807) is 0 Å². The summed E-state index contributed by atoms with van der Waals surface area (Å²) < 4.78 is 10.5. The summed E-state index contributed by atoms with van der Waals surface area (Å²) in [5, 5.41) is 30.0. The van der Waals surface area contributed by atoms with Gasteiger partial charge in [0.05, 0.1) is 18.8 Å². The van der Waals surface area contributed by atoms with Gasteiger partial charge in [-0.15, -0.1) is 0 Å². The van der Waals surface area contributed by atoms with Gasteiger partial charge in [-0.2, -0.15) is 0 Å². The number of allylic oxidation sites excluding steroid dienone is 7. The fourth-order valence-electron chi connectivity index (χ4n) is 5.64. The zero-order valence-corrected chi connectivity index (χ0v) is 32.1. The van der Waals surface area contributed by atoms with Gasteiger partial charge in [0, 0.05) is 12.8 Å². The minimum absolute atomic E-state index is 0.0391. The number of carbonyl (C=O) groups excluding carboxylic acids is 2. The first-order valence-electron chi connectivity index (χ1n) is 20.4. The van der Waals surface area contributed by atoms with Gasteiger partial charge in [0.25, 0.3) is 0 Å². The lowest BCUT2D eigenvalue weighted by molar-refractivity contribution is -0.161. The standard InChI is InChI=1S/C43H76O7/c1-3-5-7-9-11-13-15-17-18-19-20-21-23-25-27-29-31-35-42(47)49-38-39(37-44)50-43(48)36-32-34-41(46)40(45)33-30-28-26-24-22-16-14-12-10-8-6-4-2/h6,8,12,14,22,24,28,30,39-41,44-46H,3-5,7,9-11,13,15-21,23,25-27,29,31-38H2,1-2H3/b8-6-,14-12-,24-22-,30-28-/t39-,40+,41+/m0/s1. The Hall–Kier alpha value is -2.22. The number of hydrogen-bond donors (Lipinski definition) is 3. The molecule has 0 radical (unpaired) electrons. The molecule has 0 amide bonds. The van der Waals surface area contributed by atoms with E-state index in [0.717, 1.165) is 44.9 Å². The predicted octanol–water partition coefficient (Wildman–Crippen LogP) is 10.6. The summed E-state index contributed by atoms with van der Waals surface area (Å²) in [6.45, 7) is 3.78.